The summed E-state index contributed by atoms with van der Waals surface area (Å²) in [6.07, 6.45) is 5.41. The van der Waals surface area contributed by atoms with Crippen molar-refractivity contribution in [2.45, 2.75) is 25.9 Å². The van der Waals surface area contributed by atoms with E-state index < -0.39 is 17.5 Å². The molecule has 2 aromatic carbocycles. The Hall–Kier alpha value is -3.09. The number of carbonyl (C=O) groups excluding carboxylic acids is 1. The maximum Gasteiger partial charge on any atom is 0.257 e. The molecule has 0 aliphatic heterocycles. The van der Waals surface area contributed by atoms with Gasteiger partial charge in [-0.3, -0.25) is 4.79 Å². The summed E-state index contributed by atoms with van der Waals surface area (Å²) in [6.45, 7) is 1.03. The fraction of sp³-hybridized carbons (Fsp3) is 0.273. The Morgan fingerprint density at radius 3 is 2.59 bits per heavy atom. The van der Waals surface area contributed by atoms with Gasteiger partial charge in [0.2, 0.25) is 0 Å². The van der Waals surface area contributed by atoms with Crippen LogP contribution in [0.25, 0.3) is 0 Å². The molecule has 1 aromatic heterocycles. The Morgan fingerprint density at radius 1 is 1.07 bits per heavy atom. The molecule has 0 radical (unpaired) electrons. The van der Waals surface area contributed by atoms with Crippen molar-refractivity contribution in [1.82, 2.24) is 14.5 Å². The summed E-state index contributed by atoms with van der Waals surface area (Å²) in [6, 6.07) is 9.67. The first-order valence-electron chi connectivity index (χ1n) is 9.49. The number of aromatic nitrogens is 2. The van der Waals surface area contributed by atoms with Gasteiger partial charge >= 0.3 is 0 Å². The molecule has 0 bridgehead atoms. The number of hydrogen-bond donors (Lipinski definition) is 0. The summed E-state index contributed by atoms with van der Waals surface area (Å²) >= 11 is 0. The number of carbonyl (C=O) groups is 1. The summed E-state index contributed by atoms with van der Waals surface area (Å²) in [5.74, 6) is -1.72. The lowest BCUT2D eigenvalue weighted by atomic mass is 10.1. The highest BCUT2D eigenvalue weighted by Gasteiger charge is 2.29. The van der Waals surface area contributed by atoms with Crippen LogP contribution in [-0.2, 0) is 13.1 Å². The smallest absolute Gasteiger partial charge is 0.257 e. The molecular formula is C22H20F3N3O. The lowest BCUT2D eigenvalue weighted by Gasteiger charge is -2.23. The number of rotatable bonds is 7. The minimum Gasteiger partial charge on any atom is -0.331 e. The third kappa shape index (κ3) is 4.50. The van der Waals surface area contributed by atoms with Crippen molar-refractivity contribution in [3.8, 4) is 0 Å². The van der Waals surface area contributed by atoms with Crippen molar-refractivity contribution in [3.63, 3.8) is 0 Å². The van der Waals surface area contributed by atoms with E-state index in [1.807, 2.05) is 0 Å². The van der Waals surface area contributed by atoms with Gasteiger partial charge in [0.25, 0.3) is 5.91 Å². The van der Waals surface area contributed by atoms with Crippen LogP contribution in [0.3, 0.4) is 0 Å². The number of hydrogen-bond acceptors (Lipinski definition) is 2. The normalized spacial score (nSPS) is 13.5. The first-order valence-corrected chi connectivity index (χ1v) is 9.49. The van der Waals surface area contributed by atoms with E-state index in [9.17, 15) is 18.0 Å². The molecule has 1 saturated carbocycles. The van der Waals surface area contributed by atoms with Gasteiger partial charge in [-0.05, 0) is 48.6 Å². The maximum atomic E-state index is 14.1. The average molecular weight is 399 g/mol. The number of nitrogens with zero attached hydrogens (tertiary/aromatic N) is 3. The Labute approximate surface area is 166 Å². The van der Waals surface area contributed by atoms with Gasteiger partial charge in [0.05, 0.1) is 12.1 Å². The van der Waals surface area contributed by atoms with Gasteiger partial charge in [-0.25, -0.2) is 18.2 Å². The number of imidazole rings is 1. The highest BCUT2D eigenvalue weighted by Crippen LogP contribution is 2.31. The van der Waals surface area contributed by atoms with E-state index in [-0.39, 0.29) is 24.6 Å². The monoisotopic (exact) mass is 399 g/mol. The minimum atomic E-state index is -0.908. The van der Waals surface area contributed by atoms with Crippen molar-refractivity contribution >= 4 is 5.91 Å². The summed E-state index contributed by atoms with van der Waals surface area (Å²) in [4.78, 5) is 18.9. The molecule has 4 nitrogen and oxygen atoms in total. The molecule has 4 rings (SSSR count). The second-order valence-corrected chi connectivity index (χ2v) is 7.33. The molecule has 1 heterocycles. The first-order chi connectivity index (χ1) is 14.0. The fourth-order valence-corrected chi connectivity index (χ4v) is 3.28. The first kappa shape index (κ1) is 19.2. The van der Waals surface area contributed by atoms with E-state index in [2.05, 4.69) is 4.98 Å². The van der Waals surface area contributed by atoms with E-state index >= 15 is 0 Å². The van der Waals surface area contributed by atoms with Crippen LogP contribution in [-0.4, -0.2) is 26.9 Å². The molecule has 7 heteroatoms. The van der Waals surface area contributed by atoms with Crippen LogP contribution >= 0.6 is 0 Å². The predicted octanol–water partition coefficient (Wildman–Crippen LogP) is 4.40. The van der Waals surface area contributed by atoms with Crippen molar-refractivity contribution in [2.24, 2.45) is 5.92 Å². The Kier molecular flexibility index (Phi) is 5.38. The molecule has 1 aliphatic rings. The highest BCUT2D eigenvalue weighted by atomic mass is 19.2. The Bertz CT molecular complexity index is 1030. The van der Waals surface area contributed by atoms with Crippen LogP contribution in [0.15, 0.2) is 54.9 Å². The number of amides is 1. The van der Waals surface area contributed by atoms with Crippen LogP contribution < -0.4 is 0 Å². The molecular weight excluding hydrogens is 379 g/mol. The van der Waals surface area contributed by atoms with E-state index in [0.717, 1.165) is 25.0 Å². The molecule has 0 saturated heterocycles. The van der Waals surface area contributed by atoms with Crippen molar-refractivity contribution in [3.05, 3.63) is 89.3 Å². The topological polar surface area (TPSA) is 38.1 Å². The van der Waals surface area contributed by atoms with E-state index in [1.54, 1.807) is 34.0 Å². The van der Waals surface area contributed by atoms with Crippen LogP contribution in [0.2, 0.25) is 0 Å². The SMILES string of the molecule is O=C(c1ccccc1F)N(Cc1nccn1Cc1ccc(F)c(F)c1)CC1CC1. The third-order valence-corrected chi connectivity index (χ3v) is 5.04. The van der Waals surface area contributed by atoms with Crippen LogP contribution in [0, 0.1) is 23.4 Å². The zero-order chi connectivity index (χ0) is 20.4. The van der Waals surface area contributed by atoms with Gasteiger partial charge in [-0.1, -0.05) is 18.2 Å². The summed E-state index contributed by atoms with van der Waals surface area (Å²) in [7, 11) is 0. The maximum absolute atomic E-state index is 14.1. The van der Waals surface area contributed by atoms with Crippen molar-refractivity contribution in [1.29, 1.82) is 0 Å². The predicted molar refractivity (Wildman–Crippen MR) is 102 cm³/mol. The summed E-state index contributed by atoms with van der Waals surface area (Å²) in [5.41, 5.74) is 0.615. The van der Waals surface area contributed by atoms with Gasteiger partial charge in [-0.15, -0.1) is 0 Å². The van der Waals surface area contributed by atoms with Crippen LogP contribution in [0.4, 0.5) is 13.2 Å². The minimum absolute atomic E-state index is 0.0341. The van der Waals surface area contributed by atoms with Crippen molar-refractivity contribution in [2.75, 3.05) is 6.54 Å². The zero-order valence-corrected chi connectivity index (χ0v) is 15.7. The average Bonchev–Trinajstić information content (AvgIpc) is 3.42. The summed E-state index contributed by atoms with van der Waals surface area (Å²) in [5, 5.41) is 0. The fourth-order valence-electron chi connectivity index (χ4n) is 3.28. The second-order valence-electron chi connectivity index (χ2n) is 7.33. The van der Waals surface area contributed by atoms with Gasteiger partial charge < -0.3 is 9.47 Å². The van der Waals surface area contributed by atoms with Gasteiger partial charge in [-0.2, -0.15) is 0 Å². The van der Waals surface area contributed by atoms with Crippen LogP contribution in [0.5, 0.6) is 0 Å². The van der Waals surface area contributed by atoms with Crippen molar-refractivity contribution < 1.29 is 18.0 Å². The third-order valence-electron chi connectivity index (χ3n) is 5.04. The zero-order valence-electron chi connectivity index (χ0n) is 15.7. The lowest BCUT2D eigenvalue weighted by Crippen LogP contribution is -2.34. The van der Waals surface area contributed by atoms with E-state index in [1.165, 1.54) is 18.2 Å². The summed E-state index contributed by atoms with van der Waals surface area (Å²) < 4.78 is 42.6. The van der Waals surface area contributed by atoms with Gasteiger partial charge in [0, 0.05) is 25.5 Å². The van der Waals surface area contributed by atoms with Gasteiger partial charge in [0.1, 0.15) is 11.6 Å². The molecule has 3 aromatic rings. The van der Waals surface area contributed by atoms with E-state index in [0.29, 0.717) is 23.9 Å². The number of halogens is 3. The molecule has 1 fully saturated rings. The van der Waals surface area contributed by atoms with E-state index in [4.69, 9.17) is 0 Å². The highest BCUT2D eigenvalue weighted by molar-refractivity contribution is 5.94. The molecule has 150 valence electrons. The molecule has 0 spiro atoms. The molecule has 0 N–H and O–H groups in total. The number of benzene rings is 2. The largest absolute Gasteiger partial charge is 0.331 e. The lowest BCUT2D eigenvalue weighted by molar-refractivity contribution is 0.0724. The quantitative estimate of drug-likeness (QED) is 0.591. The molecule has 1 aliphatic carbocycles. The Morgan fingerprint density at radius 2 is 1.86 bits per heavy atom. The molecule has 29 heavy (non-hydrogen) atoms. The molecule has 0 unspecified atom stereocenters. The molecule has 0 atom stereocenters. The second kappa shape index (κ2) is 8.11. The standard InChI is InChI=1S/C22H20F3N3O/c23-18-4-2-1-3-17(18)22(29)28(12-15-5-6-15)14-21-26-9-10-27(21)13-16-7-8-19(24)20(25)11-16/h1-4,7-11,15H,5-6,12-14H2. The van der Waals surface area contributed by atoms with Gasteiger partial charge in [0.15, 0.2) is 11.6 Å². The molecule has 1 amide bonds. The Balaban J connectivity index is 1.55. The van der Waals surface area contributed by atoms with Crippen LogP contribution in [0.1, 0.15) is 34.6 Å².